The van der Waals surface area contributed by atoms with Crippen LogP contribution in [0.4, 0.5) is 0 Å². The van der Waals surface area contributed by atoms with E-state index in [1.807, 2.05) is 11.8 Å². The number of carbonyl (C=O) groups excluding carboxylic acids is 1. The number of carbonyl (C=O) groups is 1. The zero-order valence-corrected chi connectivity index (χ0v) is 10.2. The van der Waals surface area contributed by atoms with Gasteiger partial charge in [-0.05, 0) is 19.8 Å². The van der Waals surface area contributed by atoms with E-state index in [-0.39, 0.29) is 17.4 Å². The Bertz CT molecular complexity index is 473. The number of rotatable bonds is 1. The van der Waals surface area contributed by atoms with Crippen LogP contribution in [0.5, 0.6) is 0 Å². The maximum Gasteiger partial charge on any atom is 0.251 e. The number of hydrogen-bond acceptors (Lipinski definition) is 3. The van der Waals surface area contributed by atoms with Gasteiger partial charge in [0.2, 0.25) is 5.91 Å². The summed E-state index contributed by atoms with van der Waals surface area (Å²) in [5.41, 5.74) is 0.652. The summed E-state index contributed by atoms with van der Waals surface area (Å²) in [6.07, 6.45) is 1.73. The highest BCUT2D eigenvalue weighted by Crippen LogP contribution is 2.24. The summed E-state index contributed by atoms with van der Waals surface area (Å²) in [7, 11) is 0. The van der Waals surface area contributed by atoms with Gasteiger partial charge in [-0.15, -0.1) is 0 Å². The lowest BCUT2D eigenvalue weighted by Crippen LogP contribution is -2.37. The predicted molar refractivity (Wildman–Crippen MR) is 63.8 cm³/mol. The van der Waals surface area contributed by atoms with Gasteiger partial charge in [0.15, 0.2) is 0 Å². The molecule has 5 heteroatoms. The molecule has 1 aromatic heterocycles. The molecule has 2 rings (SSSR count). The SMILES string of the molecule is CC(=O)N1CCC(c2nc(C)cc(=O)[nH]2)CC1. The molecule has 1 fully saturated rings. The van der Waals surface area contributed by atoms with Gasteiger partial charge in [0.25, 0.3) is 5.56 Å². The van der Waals surface area contributed by atoms with Gasteiger partial charge in [0.1, 0.15) is 5.82 Å². The lowest BCUT2D eigenvalue weighted by Gasteiger charge is -2.30. The van der Waals surface area contributed by atoms with Crippen LogP contribution in [0.15, 0.2) is 10.9 Å². The fraction of sp³-hybridized carbons (Fsp3) is 0.583. The van der Waals surface area contributed by atoms with Crippen molar-refractivity contribution in [2.24, 2.45) is 0 Å². The van der Waals surface area contributed by atoms with E-state index in [0.717, 1.165) is 37.4 Å². The number of likely N-dealkylation sites (tertiary alicyclic amines) is 1. The summed E-state index contributed by atoms with van der Waals surface area (Å²) < 4.78 is 0. The highest BCUT2D eigenvalue weighted by atomic mass is 16.2. The van der Waals surface area contributed by atoms with Gasteiger partial charge in [-0.1, -0.05) is 0 Å². The number of H-pyrrole nitrogens is 1. The molecule has 2 heterocycles. The molecular weight excluding hydrogens is 218 g/mol. The van der Waals surface area contributed by atoms with Crippen LogP contribution >= 0.6 is 0 Å². The fourth-order valence-electron chi connectivity index (χ4n) is 2.26. The largest absolute Gasteiger partial charge is 0.343 e. The minimum absolute atomic E-state index is 0.0958. The smallest absolute Gasteiger partial charge is 0.251 e. The van der Waals surface area contributed by atoms with Crippen molar-refractivity contribution < 1.29 is 4.79 Å². The molecule has 1 N–H and O–H groups in total. The van der Waals surface area contributed by atoms with Crippen LogP contribution in [-0.2, 0) is 4.79 Å². The minimum Gasteiger partial charge on any atom is -0.343 e. The van der Waals surface area contributed by atoms with Gasteiger partial charge in [0, 0.05) is 37.7 Å². The van der Waals surface area contributed by atoms with Crippen molar-refractivity contribution in [2.45, 2.75) is 32.6 Å². The van der Waals surface area contributed by atoms with Crippen LogP contribution in [0.25, 0.3) is 0 Å². The monoisotopic (exact) mass is 235 g/mol. The molecule has 0 atom stereocenters. The number of piperidine rings is 1. The maximum atomic E-state index is 11.4. The topological polar surface area (TPSA) is 66.1 Å². The number of nitrogens with zero attached hydrogens (tertiary/aromatic N) is 2. The van der Waals surface area contributed by atoms with Crippen molar-refractivity contribution in [3.63, 3.8) is 0 Å². The summed E-state index contributed by atoms with van der Waals surface area (Å²) in [4.78, 5) is 31.6. The Kier molecular flexibility index (Phi) is 3.26. The molecular formula is C12H17N3O2. The Labute approximate surface area is 99.9 Å². The van der Waals surface area contributed by atoms with E-state index in [9.17, 15) is 9.59 Å². The zero-order valence-electron chi connectivity index (χ0n) is 10.2. The molecule has 0 radical (unpaired) electrons. The summed E-state index contributed by atoms with van der Waals surface area (Å²) in [6, 6.07) is 1.49. The van der Waals surface area contributed by atoms with E-state index < -0.39 is 0 Å². The van der Waals surface area contributed by atoms with Crippen molar-refractivity contribution in [3.8, 4) is 0 Å². The first-order valence-corrected chi connectivity index (χ1v) is 5.89. The Balaban J connectivity index is 2.10. The van der Waals surface area contributed by atoms with Crippen LogP contribution in [0.2, 0.25) is 0 Å². The molecule has 1 aromatic rings. The number of hydrogen-bond donors (Lipinski definition) is 1. The Morgan fingerprint density at radius 1 is 1.47 bits per heavy atom. The molecule has 1 aliphatic heterocycles. The molecule has 0 bridgehead atoms. The molecule has 1 saturated heterocycles. The standard InChI is InChI=1S/C12H17N3O2/c1-8-7-11(17)14-12(13-8)10-3-5-15(6-4-10)9(2)16/h7,10H,3-6H2,1-2H3,(H,13,14,17). The number of aryl methyl sites for hydroxylation is 1. The van der Waals surface area contributed by atoms with Gasteiger partial charge in [0.05, 0.1) is 0 Å². The quantitative estimate of drug-likeness (QED) is 0.783. The summed E-state index contributed by atoms with van der Waals surface area (Å²) >= 11 is 0. The second-order valence-electron chi connectivity index (χ2n) is 4.55. The van der Waals surface area contributed by atoms with Crippen LogP contribution in [-0.4, -0.2) is 33.9 Å². The maximum absolute atomic E-state index is 11.4. The predicted octanol–water partition coefficient (Wildman–Crippen LogP) is 0.804. The summed E-state index contributed by atoms with van der Waals surface area (Å²) in [5, 5.41) is 0. The lowest BCUT2D eigenvalue weighted by atomic mass is 9.96. The van der Waals surface area contributed by atoms with E-state index in [1.54, 1.807) is 6.92 Å². The highest BCUT2D eigenvalue weighted by Gasteiger charge is 2.23. The molecule has 92 valence electrons. The normalized spacial score (nSPS) is 17.2. The van der Waals surface area contributed by atoms with Crippen LogP contribution in [0.3, 0.4) is 0 Å². The van der Waals surface area contributed by atoms with Gasteiger partial charge >= 0.3 is 0 Å². The average Bonchev–Trinajstić information content (AvgIpc) is 2.28. The third-order valence-corrected chi connectivity index (χ3v) is 3.22. The second-order valence-corrected chi connectivity index (χ2v) is 4.55. The minimum atomic E-state index is -0.0958. The number of amides is 1. The number of aromatic amines is 1. The van der Waals surface area contributed by atoms with Crippen LogP contribution in [0.1, 0.15) is 37.2 Å². The van der Waals surface area contributed by atoms with Gasteiger partial charge in [-0.25, -0.2) is 4.98 Å². The molecule has 17 heavy (non-hydrogen) atoms. The summed E-state index contributed by atoms with van der Waals surface area (Å²) in [5.74, 6) is 1.14. The zero-order chi connectivity index (χ0) is 12.4. The third-order valence-electron chi connectivity index (χ3n) is 3.22. The van der Waals surface area contributed by atoms with Gasteiger partial charge in [-0.2, -0.15) is 0 Å². The van der Waals surface area contributed by atoms with Gasteiger partial charge in [-0.3, -0.25) is 9.59 Å². The first-order chi connectivity index (χ1) is 8.06. The molecule has 1 aliphatic rings. The van der Waals surface area contributed by atoms with Crippen molar-refractivity contribution in [1.29, 1.82) is 0 Å². The number of nitrogens with one attached hydrogen (secondary N) is 1. The molecule has 0 unspecified atom stereocenters. The van der Waals surface area contributed by atoms with Crippen molar-refractivity contribution in [2.75, 3.05) is 13.1 Å². The van der Waals surface area contributed by atoms with Crippen molar-refractivity contribution in [3.05, 3.63) is 27.9 Å². The molecule has 0 aromatic carbocycles. The molecule has 1 amide bonds. The van der Waals surface area contributed by atoms with E-state index >= 15 is 0 Å². The van der Waals surface area contributed by atoms with Crippen LogP contribution < -0.4 is 5.56 Å². The van der Waals surface area contributed by atoms with E-state index in [4.69, 9.17) is 0 Å². The summed E-state index contributed by atoms with van der Waals surface area (Å²) in [6.45, 7) is 4.91. The lowest BCUT2D eigenvalue weighted by molar-refractivity contribution is -0.129. The van der Waals surface area contributed by atoms with Crippen molar-refractivity contribution in [1.82, 2.24) is 14.9 Å². The van der Waals surface area contributed by atoms with Gasteiger partial charge < -0.3 is 9.88 Å². The average molecular weight is 235 g/mol. The molecule has 5 nitrogen and oxygen atoms in total. The van der Waals surface area contributed by atoms with Crippen LogP contribution in [0, 0.1) is 6.92 Å². The Morgan fingerprint density at radius 3 is 2.65 bits per heavy atom. The highest BCUT2D eigenvalue weighted by molar-refractivity contribution is 5.73. The van der Waals surface area contributed by atoms with E-state index in [1.165, 1.54) is 6.07 Å². The fourth-order valence-corrected chi connectivity index (χ4v) is 2.26. The first-order valence-electron chi connectivity index (χ1n) is 5.89. The molecule has 0 saturated carbocycles. The van der Waals surface area contributed by atoms with E-state index in [2.05, 4.69) is 9.97 Å². The number of aromatic nitrogens is 2. The van der Waals surface area contributed by atoms with Crippen molar-refractivity contribution >= 4 is 5.91 Å². The third kappa shape index (κ3) is 2.72. The second kappa shape index (κ2) is 4.69. The molecule has 0 spiro atoms. The van der Waals surface area contributed by atoms with E-state index in [0.29, 0.717) is 0 Å². The first kappa shape index (κ1) is 11.8. The Hall–Kier alpha value is -1.65. The Morgan fingerprint density at radius 2 is 2.12 bits per heavy atom. The molecule has 0 aliphatic carbocycles.